The van der Waals surface area contributed by atoms with Gasteiger partial charge in [-0.1, -0.05) is 36.8 Å². The zero-order valence-electron chi connectivity index (χ0n) is 13.6. The van der Waals surface area contributed by atoms with Gasteiger partial charge in [0.25, 0.3) is 0 Å². The van der Waals surface area contributed by atoms with Crippen molar-refractivity contribution in [1.29, 1.82) is 0 Å². The smallest absolute Gasteiger partial charge is 0.239 e. The van der Waals surface area contributed by atoms with Crippen LogP contribution in [0, 0.1) is 6.92 Å². The quantitative estimate of drug-likeness (QED) is 0.921. The first-order chi connectivity index (χ1) is 11.1. The number of amides is 1. The standard InChI is InChI=1S/C18H24N4O/c1-14-11-20-21(12-14)13-16-9-5-6-10-22(16)17(18(19)23)15-7-3-2-4-8-15/h2-4,7-8,11-12,16-17H,5-6,9-10,13H2,1H3,(H2,19,23)/t16-,17+/m0/s1. The molecule has 5 nitrogen and oxygen atoms in total. The molecule has 3 rings (SSSR count). The molecule has 122 valence electrons. The van der Waals surface area contributed by atoms with Crippen LogP contribution in [0.25, 0.3) is 0 Å². The molecule has 2 N–H and O–H groups in total. The Labute approximate surface area is 137 Å². The molecule has 0 spiro atoms. The van der Waals surface area contributed by atoms with E-state index in [9.17, 15) is 4.79 Å². The minimum atomic E-state index is -0.363. The maximum Gasteiger partial charge on any atom is 0.239 e. The van der Waals surface area contributed by atoms with Crippen LogP contribution < -0.4 is 5.73 Å². The molecule has 2 atom stereocenters. The van der Waals surface area contributed by atoms with Gasteiger partial charge in [0, 0.05) is 12.2 Å². The Morgan fingerprint density at radius 1 is 1.35 bits per heavy atom. The predicted molar refractivity (Wildman–Crippen MR) is 89.7 cm³/mol. The van der Waals surface area contributed by atoms with Crippen LogP contribution >= 0.6 is 0 Å². The molecule has 1 aromatic heterocycles. The Kier molecular flexibility index (Phi) is 4.76. The lowest BCUT2D eigenvalue weighted by atomic mass is 9.96. The van der Waals surface area contributed by atoms with Crippen LogP contribution in [0.3, 0.4) is 0 Å². The maximum atomic E-state index is 12.2. The molecule has 0 bridgehead atoms. The number of carbonyl (C=O) groups is 1. The molecule has 1 aliphatic rings. The van der Waals surface area contributed by atoms with Crippen molar-refractivity contribution in [3.8, 4) is 0 Å². The third-order valence-corrected chi connectivity index (χ3v) is 4.55. The van der Waals surface area contributed by atoms with Crippen molar-refractivity contribution < 1.29 is 4.79 Å². The van der Waals surface area contributed by atoms with E-state index in [1.165, 1.54) is 6.42 Å². The van der Waals surface area contributed by atoms with Gasteiger partial charge < -0.3 is 5.73 Å². The van der Waals surface area contributed by atoms with Crippen molar-refractivity contribution in [2.75, 3.05) is 6.54 Å². The van der Waals surface area contributed by atoms with Crippen LogP contribution in [0.5, 0.6) is 0 Å². The molecule has 1 fully saturated rings. The molecular weight excluding hydrogens is 288 g/mol. The van der Waals surface area contributed by atoms with Crippen LogP contribution in [-0.2, 0) is 11.3 Å². The van der Waals surface area contributed by atoms with Crippen molar-refractivity contribution in [3.63, 3.8) is 0 Å². The molecule has 1 aromatic carbocycles. The van der Waals surface area contributed by atoms with Gasteiger partial charge in [-0.2, -0.15) is 5.10 Å². The number of primary amides is 1. The maximum absolute atomic E-state index is 12.2. The van der Waals surface area contributed by atoms with Crippen molar-refractivity contribution in [2.24, 2.45) is 5.73 Å². The lowest BCUT2D eigenvalue weighted by molar-refractivity contribution is -0.125. The summed E-state index contributed by atoms with van der Waals surface area (Å²) in [4.78, 5) is 14.4. The van der Waals surface area contributed by atoms with Gasteiger partial charge in [-0.25, -0.2) is 0 Å². The fraction of sp³-hybridized carbons (Fsp3) is 0.444. The van der Waals surface area contributed by atoms with E-state index in [4.69, 9.17) is 5.73 Å². The highest BCUT2D eigenvalue weighted by molar-refractivity contribution is 5.81. The Bertz CT molecular complexity index is 652. The number of hydrogen-bond acceptors (Lipinski definition) is 3. The molecule has 1 saturated heterocycles. The van der Waals surface area contributed by atoms with Crippen molar-refractivity contribution in [2.45, 2.75) is 44.8 Å². The topological polar surface area (TPSA) is 64.2 Å². The monoisotopic (exact) mass is 312 g/mol. The van der Waals surface area contributed by atoms with Gasteiger partial charge in [-0.05, 0) is 37.4 Å². The molecule has 23 heavy (non-hydrogen) atoms. The zero-order chi connectivity index (χ0) is 16.2. The summed E-state index contributed by atoms with van der Waals surface area (Å²) >= 11 is 0. The molecular formula is C18H24N4O. The van der Waals surface area contributed by atoms with E-state index >= 15 is 0 Å². The molecule has 2 heterocycles. The fourth-order valence-corrected chi connectivity index (χ4v) is 3.50. The molecule has 2 aromatic rings. The van der Waals surface area contributed by atoms with Gasteiger partial charge >= 0.3 is 0 Å². The number of carbonyl (C=O) groups excluding carboxylic acids is 1. The van der Waals surface area contributed by atoms with Gasteiger partial charge in [-0.3, -0.25) is 14.4 Å². The molecule has 1 aliphatic heterocycles. The second kappa shape index (κ2) is 6.96. The SMILES string of the molecule is Cc1cnn(C[C@@H]2CCCCN2[C@@H](C(N)=O)c2ccccc2)c1. The van der Waals surface area contributed by atoms with E-state index in [1.54, 1.807) is 0 Å². The highest BCUT2D eigenvalue weighted by Gasteiger charge is 2.33. The van der Waals surface area contributed by atoms with Crippen molar-refractivity contribution in [1.82, 2.24) is 14.7 Å². The van der Waals surface area contributed by atoms with Crippen molar-refractivity contribution in [3.05, 3.63) is 53.9 Å². The normalized spacial score (nSPS) is 20.3. The zero-order valence-corrected chi connectivity index (χ0v) is 13.6. The van der Waals surface area contributed by atoms with E-state index < -0.39 is 0 Å². The van der Waals surface area contributed by atoms with Crippen LogP contribution in [-0.4, -0.2) is 33.2 Å². The number of benzene rings is 1. The lowest BCUT2D eigenvalue weighted by Crippen LogP contribution is -2.48. The first-order valence-electron chi connectivity index (χ1n) is 8.24. The van der Waals surface area contributed by atoms with E-state index in [0.717, 1.165) is 37.1 Å². The average Bonchev–Trinajstić information content (AvgIpc) is 2.95. The number of aromatic nitrogens is 2. The van der Waals surface area contributed by atoms with Crippen LogP contribution in [0.15, 0.2) is 42.7 Å². The van der Waals surface area contributed by atoms with E-state index in [-0.39, 0.29) is 18.0 Å². The van der Waals surface area contributed by atoms with Gasteiger partial charge in [0.05, 0.1) is 12.7 Å². The molecule has 0 saturated carbocycles. The predicted octanol–water partition coefficient (Wildman–Crippen LogP) is 2.27. The summed E-state index contributed by atoms with van der Waals surface area (Å²) in [5, 5.41) is 4.40. The second-order valence-electron chi connectivity index (χ2n) is 6.34. The Hall–Kier alpha value is -2.14. The summed E-state index contributed by atoms with van der Waals surface area (Å²) in [6, 6.07) is 9.77. The summed E-state index contributed by atoms with van der Waals surface area (Å²) in [6.45, 7) is 3.73. The number of rotatable bonds is 5. The molecule has 1 amide bonds. The first kappa shape index (κ1) is 15.7. The third-order valence-electron chi connectivity index (χ3n) is 4.55. The summed E-state index contributed by atoms with van der Waals surface area (Å²) < 4.78 is 1.97. The summed E-state index contributed by atoms with van der Waals surface area (Å²) in [5.74, 6) is -0.278. The largest absolute Gasteiger partial charge is 0.368 e. The second-order valence-corrected chi connectivity index (χ2v) is 6.34. The number of aryl methyl sites for hydroxylation is 1. The van der Waals surface area contributed by atoms with Crippen LogP contribution in [0.4, 0.5) is 0 Å². The molecule has 0 aliphatic carbocycles. The van der Waals surface area contributed by atoms with E-state index in [2.05, 4.69) is 16.2 Å². The Morgan fingerprint density at radius 3 is 2.78 bits per heavy atom. The molecule has 0 unspecified atom stereocenters. The van der Waals surface area contributed by atoms with Gasteiger partial charge in [0.15, 0.2) is 0 Å². The average molecular weight is 312 g/mol. The Balaban J connectivity index is 1.85. The first-order valence-corrected chi connectivity index (χ1v) is 8.24. The van der Waals surface area contributed by atoms with Crippen LogP contribution in [0.2, 0.25) is 0 Å². The number of nitrogens with zero attached hydrogens (tertiary/aromatic N) is 3. The van der Waals surface area contributed by atoms with Gasteiger partial charge in [0.2, 0.25) is 5.91 Å². The Morgan fingerprint density at radius 2 is 2.13 bits per heavy atom. The lowest BCUT2D eigenvalue weighted by Gasteiger charge is -2.40. The van der Waals surface area contributed by atoms with Gasteiger partial charge in [0.1, 0.15) is 6.04 Å². The fourth-order valence-electron chi connectivity index (χ4n) is 3.50. The number of likely N-dealkylation sites (tertiary alicyclic amines) is 1. The highest BCUT2D eigenvalue weighted by Crippen LogP contribution is 2.29. The summed E-state index contributed by atoms with van der Waals surface area (Å²) in [7, 11) is 0. The molecule has 0 radical (unpaired) electrons. The van der Waals surface area contributed by atoms with Crippen LogP contribution in [0.1, 0.15) is 36.4 Å². The van der Waals surface area contributed by atoms with E-state index in [1.807, 2.05) is 48.1 Å². The minimum absolute atomic E-state index is 0.278. The van der Waals surface area contributed by atoms with Crippen molar-refractivity contribution >= 4 is 5.91 Å². The number of piperidine rings is 1. The summed E-state index contributed by atoms with van der Waals surface area (Å²) in [6.07, 6.45) is 7.27. The number of hydrogen-bond donors (Lipinski definition) is 1. The summed E-state index contributed by atoms with van der Waals surface area (Å²) in [5.41, 5.74) is 7.89. The molecule has 5 heteroatoms. The number of nitrogens with two attached hydrogens (primary N) is 1. The van der Waals surface area contributed by atoms with E-state index in [0.29, 0.717) is 0 Å². The highest BCUT2D eigenvalue weighted by atomic mass is 16.1. The third kappa shape index (κ3) is 3.62. The van der Waals surface area contributed by atoms with Gasteiger partial charge in [-0.15, -0.1) is 0 Å². The minimum Gasteiger partial charge on any atom is -0.368 e.